The van der Waals surface area contributed by atoms with Crippen LogP contribution in [0.15, 0.2) is 36.7 Å². The van der Waals surface area contributed by atoms with Gasteiger partial charge in [-0.05, 0) is 49.2 Å². The Labute approximate surface area is 180 Å². The lowest BCUT2D eigenvalue weighted by Crippen LogP contribution is -2.37. The van der Waals surface area contributed by atoms with E-state index in [1.807, 2.05) is 19.1 Å². The maximum absolute atomic E-state index is 13.4. The average molecular weight is 431 g/mol. The monoisotopic (exact) mass is 430 g/mol. The maximum Gasteiger partial charge on any atom is 0.141 e. The molecule has 1 N–H and O–H groups in total. The minimum absolute atomic E-state index is 0.0542. The summed E-state index contributed by atoms with van der Waals surface area (Å²) in [6.07, 6.45) is 2.44. The molecule has 0 bridgehead atoms. The molecule has 8 heteroatoms. The third kappa shape index (κ3) is 4.98. The number of anilines is 2. The summed E-state index contributed by atoms with van der Waals surface area (Å²) in [5, 5.41) is 4.08. The Balaban J connectivity index is 1.48. The molecular weight excluding hydrogens is 407 g/mol. The summed E-state index contributed by atoms with van der Waals surface area (Å²) < 4.78 is 24.9. The summed E-state index contributed by atoms with van der Waals surface area (Å²) >= 11 is 5.89. The second-order valence-corrected chi connectivity index (χ2v) is 7.67. The van der Waals surface area contributed by atoms with Crippen LogP contribution in [0.25, 0.3) is 10.9 Å². The second-order valence-electron chi connectivity index (χ2n) is 7.27. The van der Waals surface area contributed by atoms with E-state index in [0.717, 1.165) is 61.5 Å². The zero-order valence-electron chi connectivity index (χ0n) is 16.8. The van der Waals surface area contributed by atoms with E-state index in [1.165, 1.54) is 18.5 Å². The van der Waals surface area contributed by atoms with Gasteiger partial charge in [-0.25, -0.2) is 14.4 Å². The van der Waals surface area contributed by atoms with Crippen LogP contribution in [-0.4, -0.2) is 54.3 Å². The highest BCUT2D eigenvalue weighted by atomic mass is 35.5. The molecule has 2 heterocycles. The molecule has 1 aliphatic rings. The Morgan fingerprint density at radius 3 is 2.83 bits per heavy atom. The molecule has 3 aromatic rings. The number of morpholine rings is 1. The molecule has 158 valence electrons. The summed E-state index contributed by atoms with van der Waals surface area (Å²) in [6.45, 7) is 7.21. The van der Waals surface area contributed by atoms with Crippen LogP contribution in [0.2, 0.25) is 5.02 Å². The largest absolute Gasteiger partial charge is 0.493 e. The van der Waals surface area contributed by atoms with Gasteiger partial charge in [-0.1, -0.05) is 11.6 Å². The second kappa shape index (κ2) is 9.55. The van der Waals surface area contributed by atoms with Crippen LogP contribution in [0.3, 0.4) is 0 Å². The van der Waals surface area contributed by atoms with Gasteiger partial charge in [0.1, 0.15) is 23.7 Å². The van der Waals surface area contributed by atoms with Gasteiger partial charge in [0.2, 0.25) is 0 Å². The lowest BCUT2D eigenvalue weighted by molar-refractivity contribution is 0.0358. The van der Waals surface area contributed by atoms with Crippen molar-refractivity contribution in [2.45, 2.75) is 13.3 Å². The minimum atomic E-state index is -0.460. The summed E-state index contributed by atoms with van der Waals surface area (Å²) in [5.41, 5.74) is 2.47. The number of halogens is 2. The van der Waals surface area contributed by atoms with E-state index in [1.54, 1.807) is 6.07 Å². The molecule has 0 amide bonds. The number of aryl methyl sites for hydroxylation is 1. The van der Waals surface area contributed by atoms with Crippen molar-refractivity contribution in [1.29, 1.82) is 0 Å². The van der Waals surface area contributed by atoms with E-state index in [-0.39, 0.29) is 5.02 Å². The smallest absolute Gasteiger partial charge is 0.141 e. The van der Waals surface area contributed by atoms with E-state index in [0.29, 0.717) is 18.1 Å². The van der Waals surface area contributed by atoms with E-state index in [4.69, 9.17) is 21.1 Å². The Morgan fingerprint density at radius 2 is 2.03 bits per heavy atom. The van der Waals surface area contributed by atoms with Crippen molar-refractivity contribution in [2.75, 3.05) is 44.8 Å². The van der Waals surface area contributed by atoms with E-state index in [2.05, 4.69) is 20.2 Å². The van der Waals surface area contributed by atoms with E-state index >= 15 is 0 Å². The highest BCUT2D eigenvalue weighted by molar-refractivity contribution is 6.31. The van der Waals surface area contributed by atoms with Gasteiger partial charge in [0.05, 0.1) is 30.4 Å². The lowest BCUT2D eigenvalue weighted by atomic mass is 10.1. The molecule has 1 aliphatic heterocycles. The van der Waals surface area contributed by atoms with Crippen molar-refractivity contribution in [3.8, 4) is 5.75 Å². The van der Waals surface area contributed by atoms with Crippen molar-refractivity contribution in [3.05, 3.63) is 53.1 Å². The fourth-order valence-corrected chi connectivity index (χ4v) is 3.63. The molecule has 0 saturated carbocycles. The third-order valence-electron chi connectivity index (χ3n) is 5.09. The minimum Gasteiger partial charge on any atom is -0.493 e. The Morgan fingerprint density at radius 1 is 1.20 bits per heavy atom. The zero-order valence-corrected chi connectivity index (χ0v) is 17.6. The molecular formula is C22H24ClFN4O2. The SMILES string of the molecule is Cc1cc2ncnc(Nc3ccc(F)c(Cl)c3)c2cc1OCCCN1CCOCC1. The van der Waals surface area contributed by atoms with Gasteiger partial charge in [-0.15, -0.1) is 0 Å². The molecule has 30 heavy (non-hydrogen) atoms. The fraction of sp³-hybridized carbons (Fsp3) is 0.364. The molecule has 6 nitrogen and oxygen atoms in total. The Hall–Kier alpha value is -2.48. The zero-order chi connectivity index (χ0) is 20.9. The van der Waals surface area contributed by atoms with E-state index < -0.39 is 5.82 Å². The quantitative estimate of drug-likeness (QED) is 0.554. The predicted molar refractivity (Wildman–Crippen MR) is 116 cm³/mol. The van der Waals surface area contributed by atoms with Gasteiger partial charge >= 0.3 is 0 Å². The number of nitrogens with one attached hydrogen (secondary N) is 1. The van der Waals surface area contributed by atoms with Gasteiger partial charge in [0, 0.05) is 30.7 Å². The van der Waals surface area contributed by atoms with Crippen LogP contribution in [0, 0.1) is 12.7 Å². The number of rotatable bonds is 7. The summed E-state index contributed by atoms with van der Waals surface area (Å²) in [7, 11) is 0. The first kappa shape index (κ1) is 20.8. The first-order valence-corrected chi connectivity index (χ1v) is 10.4. The molecule has 0 unspecified atom stereocenters. The predicted octanol–water partition coefficient (Wildman–Crippen LogP) is 4.58. The number of fused-ring (bicyclic) bond motifs is 1. The number of hydrogen-bond donors (Lipinski definition) is 1. The molecule has 2 aromatic carbocycles. The summed E-state index contributed by atoms with van der Waals surface area (Å²) in [4.78, 5) is 11.1. The van der Waals surface area contributed by atoms with Crippen LogP contribution in [0.4, 0.5) is 15.9 Å². The first-order valence-electron chi connectivity index (χ1n) is 10.0. The van der Waals surface area contributed by atoms with Crippen molar-refractivity contribution >= 4 is 34.0 Å². The molecule has 0 spiro atoms. The van der Waals surface area contributed by atoms with Crippen LogP contribution < -0.4 is 10.1 Å². The summed E-state index contributed by atoms with van der Waals surface area (Å²) in [5.74, 6) is 0.957. The van der Waals surface area contributed by atoms with Crippen molar-refractivity contribution in [1.82, 2.24) is 14.9 Å². The number of hydrogen-bond acceptors (Lipinski definition) is 6. The Bertz CT molecular complexity index is 1030. The van der Waals surface area contributed by atoms with Crippen molar-refractivity contribution < 1.29 is 13.9 Å². The molecule has 1 aromatic heterocycles. The standard InChI is InChI=1S/C22H24ClFN4O2/c1-15-11-20-17(13-21(15)30-8-2-5-28-6-9-29-10-7-28)22(26-14-25-20)27-16-3-4-19(24)18(23)12-16/h3-4,11-14H,2,5-10H2,1H3,(H,25,26,27). The van der Waals surface area contributed by atoms with Gasteiger partial charge in [-0.3, -0.25) is 4.90 Å². The highest BCUT2D eigenvalue weighted by Gasteiger charge is 2.12. The number of ether oxygens (including phenoxy) is 2. The van der Waals surface area contributed by atoms with Crippen LogP contribution in [0.5, 0.6) is 5.75 Å². The Kier molecular flexibility index (Phi) is 6.62. The topological polar surface area (TPSA) is 59.5 Å². The normalized spacial score (nSPS) is 14.8. The lowest BCUT2D eigenvalue weighted by Gasteiger charge is -2.26. The third-order valence-corrected chi connectivity index (χ3v) is 5.38. The molecule has 0 atom stereocenters. The van der Waals surface area contributed by atoms with Crippen LogP contribution in [0.1, 0.15) is 12.0 Å². The fourth-order valence-electron chi connectivity index (χ4n) is 3.45. The molecule has 4 rings (SSSR count). The molecule has 1 saturated heterocycles. The highest BCUT2D eigenvalue weighted by Crippen LogP contribution is 2.30. The number of benzene rings is 2. The molecule has 0 radical (unpaired) electrons. The van der Waals surface area contributed by atoms with Crippen LogP contribution >= 0.6 is 11.6 Å². The number of aromatic nitrogens is 2. The van der Waals surface area contributed by atoms with Gasteiger partial charge in [0.15, 0.2) is 0 Å². The van der Waals surface area contributed by atoms with Crippen molar-refractivity contribution in [3.63, 3.8) is 0 Å². The maximum atomic E-state index is 13.4. The van der Waals surface area contributed by atoms with Crippen LogP contribution in [-0.2, 0) is 4.74 Å². The van der Waals surface area contributed by atoms with Gasteiger partial charge < -0.3 is 14.8 Å². The van der Waals surface area contributed by atoms with E-state index in [9.17, 15) is 4.39 Å². The molecule has 1 fully saturated rings. The average Bonchev–Trinajstić information content (AvgIpc) is 2.75. The van der Waals surface area contributed by atoms with Crippen molar-refractivity contribution in [2.24, 2.45) is 0 Å². The number of nitrogens with zero attached hydrogens (tertiary/aromatic N) is 3. The van der Waals surface area contributed by atoms with Gasteiger partial charge in [0.25, 0.3) is 0 Å². The molecule has 0 aliphatic carbocycles. The summed E-state index contributed by atoms with van der Waals surface area (Å²) in [6, 6.07) is 8.40. The van der Waals surface area contributed by atoms with Gasteiger partial charge in [-0.2, -0.15) is 0 Å². The first-order chi connectivity index (χ1) is 14.6.